The van der Waals surface area contributed by atoms with E-state index in [0.717, 1.165) is 70.5 Å². The Labute approximate surface area is 358 Å². The van der Waals surface area contributed by atoms with Crippen molar-refractivity contribution in [2.75, 3.05) is 57.8 Å². The van der Waals surface area contributed by atoms with Crippen LogP contribution in [0.25, 0.3) is 16.7 Å². The van der Waals surface area contributed by atoms with Crippen molar-refractivity contribution >= 4 is 28.6 Å². The fourth-order valence-corrected chi connectivity index (χ4v) is 7.40. The Morgan fingerprint density at radius 2 is 1.62 bits per heavy atom. The van der Waals surface area contributed by atoms with Gasteiger partial charge in [0.15, 0.2) is 0 Å². The number of nitrogens with one attached hydrogen (secondary N) is 1. The van der Waals surface area contributed by atoms with Gasteiger partial charge in [0, 0.05) is 51.2 Å². The topological polar surface area (TPSA) is 30.9 Å². The highest BCUT2D eigenvalue weighted by Gasteiger charge is 2.21. The van der Waals surface area contributed by atoms with Crippen molar-refractivity contribution in [1.82, 2.24) is 10.2 Å². The summed E-state index contributed by atoms with van der Waals surface area (Å²) in [5.41, 5.74) is 15.8. The summed E-state index contributed by atoms with van der Waals surface area (Å²) in [5.74, 6) is 1.35. The highest BCUT2D eigenvalue weighted by Crippen LogP contribution is 2.29. The Kier molecular flexibility index (Phi) is 26.2. The van der Waals surface area contributed by atoms with Gasteiger partial charge in [-0.15, -0.1) is 19.7 Å². The van der Waals surface area contributed by atoms with Crippen molar-refractivity contribution in [2.24, 2.45) is 16.8 Å². The molecule has 1 saturated heterocycles. The van der Waals surface area contributed by atoms with E-state index in [0.29, 0.717) is 11.8 Å². The zero-order chi connectivity index (χ0) is 43.6. The smallest absolute Gasteiger partial charge is 0.0426 e. The molecule has 0 spiro atoms. The molecule has 0 bridgehead atoms. The van der Waals surface area contributed by atoms with E-state index in [1.165, 1.54) is 87.2 Å². The molecule has 2 heterocycles. The molecule has 2 aliphatic rings. The molecule has 0 radical (unpaired) electrons. The minimum Gasteiger partial charge on any atom is -0.369 e. The number of nitrogens with zero attached hydrogens (tertiary/aromatic N) is 3. The van der Waals surface area contributed by atoms with Crippen LogP contribution >= 0.6 is 0 Å². The molecule has 2 aromatic carbocycles. The van der Waals surface area contributed by atoms with E-state index in [4.69, 9.17) is 0 Å². The van der Waals surface area contributed by atoms with E-state index < -0.39 is 0 Å². The van der Waals surface area contributed by atoms with E-state index in [1.807, 2.05) is 13.8 Å². The molecule has 4 heteroatoms. The third kappa shape index (κ3) is 17.9. The van der Waals surface area contributed by atoms with Gasteiger partial charge in [0.2, 0.25) is 0 Å². The maximum atomic E-state index is 4.53. The third-order valence-electron chi connectivity index (χ3n) is 11.3. The summed E-state index contributed by atoms with van der Waals surface area (Å²) < 4.78 is 0. The molecule has 0 saturated carbocycles. The van der Waals surface area contributed by atoms with E-state index in [-0.39, 0.29) is 0 Å². The number of piperazine rings is 1. The van der Waals surface area contributed by atoms with Gasteiger partial charge in [0.05, 0.1) is 0 Å². The van der Waals surface area contributed by atoms with Crippen LogP contribution in [-0.4, -0.2) is 64.0 Å². The zero-order valence-corrected chi connectivity index (χ0v) is 39.2. The lowest BCUT2D eigenvalue weighted by Gasteiger charge is -2.38. The van der Waals surface area contributed by atoms with E-state index in [9.17, 15) is 0 Å². The van der Waals surface area contributed by atoms with Gasteiger partial charge < -0.3 is 10.2 Å². The molecular weight excluding hydrogens is 705 g/mol. The molecule has 0 aromatic heterocycles. The number of aliphatic imine (C=N–C) groups is 1. The number of anilines is 1. The predicted octanol–water partition coefficient (Wildman–Crippen LogP) is 14.0. The average molecular weight is 789 g/mol. The van der Waals surface area contributed by atoms with Gasteiger partial charge in [-0.25, -0.2) is 0 Å². The Bertz CT molecular complexity index is 1680. The van der Waals surface area contributed by atoms with Crippen molar-refractivity contribution in [3.05, 3.63) is 132 Å². The van der Waals surface area contributed by atoms with Crippen molar-refractivity contribution in [3.8, 4) is 0 Å². The number of dihydropyridines is 1. The van der Waals surface area contributed by atoms with Gasteiger partial charge in [0.25, 0.3) is 0 Å². The van der Waals surface area contributed by atoms with Crippen LogP contribution in [-0.2, 0) is 6.42 Å². The number of hydrogen-bond acceptors (Lipinski definition) is 4. The van der Waals surface area contributed by atoms with Crippen molar-refractivity contribution in [2.45, 2.75) is 114 Å². The van der Waals surface area contributed by atoms with Crippen LogP contribution in [0.2, 0.25) is 0 Å². The van der Waals surface area contributed by atoms with Crippen molar-refractivity contribution in [1.29, 1.82) is 0 Å². The highest BCUT2D eigenvalue weighted by molar-refractivity contribution is 6.12. The van der Waals surface area contributed by atoms with Crippen LogP contribution < -0.4 is 10.2 Å². The number of rotatable bonds is 18. The molecule has 4 rings (SSSR count). The van der Waals surface area contributed by atoms with Crippen LogP contribution in [0.4, 0.5) is 5.69 Å². The Morgan fingerprint density at radius 3 is 2.17 bits per heavy atom. The van der Waals surface area contributed by atoms with Crippen LogP contribution in [0.15, 0.2) is 109 Å². The van der Waals surface area contributed by atoms with Gasteiger partial charge in [0.1, 0.15) is 0 Å². The summed E-state index contributed by atoms with van der Waals surface area (Å²) in [6, 6.07) is 13.8. The van der Waals surface area contributed by atoms with Crippen LogP contribution in [0, 0.1) is 18.8 Å². The van der Waals surface area contributed by atoms with E-state index in [2.05, 4.69) is 176 Å². The fraction of sp³-hybridized carbons (Fsp3) is 0.500. The maximum Gasteiger partial charge on any atom is 0.0426 e. The first kappa shape index (κ1) is 52.0. The summed E-state index contributed by atoms with van der Waals surface area (Å²) in [6.07, 6.45) is 17.0. The lowest BCUT2D eigenvalue weighted by molar-refractivity contribution is 0.207. The summed E-state index contributed by atoms with van der Waals surface area (Å²) in [4.78, 5) is 9.79. The molecule has 2 unspecified atom stereocenters. The lowest BCUT2D eigenvalue weighted by Crippen LogP contribution is -2.48. The second-order valence-electron chi connectivity index (χ2n) is 16.0. The SMILES string of the molecule is C=C.C=C(C)CCC(C)C(=C)C.C=C(C)c1ccc(N2CCN(CC(CC/C=C\C(=C/C)c3ccc(C4=C(C)CCN=C4)c(C)c3)CCNC)CC2)cc1CC.CC. The third-order valence-corrected chi connectivity index (χ3v) is 11.3. The molecule has 0 amide bonds. The van der Waals surface area contributed by atoms with Gasteiger partial charge in [-0.2, -0.15) is 0 Å². The fourth-order valence-electron chi connectivity index (χ4n) is 7.40. The Morgan fingerprint density at radius 1 is 0.931 bits per heavy atom. The number of aryl methyl sites for hydroxylation is 2. The second-order valence-corrected chi connectivity index (χ2v) is 16.0. The normalized spacial score (nSPS) is 15.4. The molecule has 4 nitrogen and oxygen atoms in total. The molecule has 2 atom stereocenters. The number of benzene rings is 2. The summed E-state index contributed by atoms with van der Waals surface area (Å²) in [7, 11) is 2.07. The monoisotopic (exact) mass is 789 g/mol. The summed E-state index contributed by atoms with van der Waals surface area (Å²) in [5, 5.41) is 3.39. The maximum absolute atomic E-state index is 4.53. The molecule has 58 heavy (non-hydrogen) atoms. The first-order chi connectivity index (χ1) is 27.9. The average Bonchev–Trinajstić information content (AvgIpc) is 3.23. The van der Waals surface area contributed by atoms with Crippen molar-refractivity contribution in [3.63, 3.8) is 0 Å². The van der Waals surface area contributed by atoms with E-state index >= 15 is 0 Å². The van der Waals surface area contributed by atoms with Crippen LogP contribution in [0.3, 0.4) is 0 Å². The highest BCUT2D eigenvalue weighted by atomic mass is 15.3. The molecule has 2 aliphatic heterocycles. The Hall–Kier alpha value is -3.99. The van der Waals surface area contributed by atoms with Gasteiger partial charge >= 0.3 is 0 Å². The lowest BCUT2D eigenvalue weighted by atomic mass is 9.91. The quantitative estimate of drug-likeness (QED) is 0.121. The second kappa shape index (κ2) is 29.3. The minimum absolute atomic E-state index is 0.650. The summed E-state index contributed by atoms with van der Waals surface area (Å²) in [6.45, 7) is 46.9. The summed E-state index contributed by atoms with van der Waals surface area (Å²) >= 11 is 0. The standard InChI is InChI=1S/C40H56N4.C10H18.C2H6.C2H4/c1-8-34(36-14-16-39(32(6)26-36)40-28-42-21-18-31(40)5)13-11-10-12-33(19-20-41-7)29-43-22-24-44(25-23-43)37-15-17-38(30(3)4)35(9-2)27-37;1-8(2)6-7-10(5)9(3)4;2*1-2/h8,11,13-17,26-28,33,41H,3,9-10,12,18-25,29H2,1-2,4-7H3;10H,1,3,6-7H2,2,4-5H3;1-2H3;1-2H2/b13-11-,34-8+;;;. The molecular formula is C54H84N4. The van der Waals surface area contributed by atoms with Crippen LogP contribution in [0.5, 0.6) is 0 Å². The number of hydrogen-bond donors (Lipinski definition) is 1. The van der Waals surface area contributed by atoms with Crippen LogP contribution in [0.1, 0.15) is 129 Å². The zero-order valence-electron chi connectivity index (χ0n) is 39.2. The predicted molar refractivity (Wildman–Crippen MR) is 266 cm³/mol. The molecule has 1 fully saturated rings. The van der Waals surface area contributed by atoms with Gasteiger partial charge in [-0.3, -0.25) is 9.89 Å². The van der Waals surface area contributed by atoms with Gasteiger partial charge in [-0.1, -0.05) is 106 Å². The Balaban J connectivity index is 0.00000104. The largest absolute Gasteiger partial charge is 0.369 e. The molecule has 0 aliphatic carbocycles. The first-order valence-electron chi connectivity index (χ1n) is 22.2. The number of allylic oxidation sites excluding steroid dienone is 8. The van der Waals surface area contributed by atoms with E-state index in [1.54, 1.807) is 0 Å². The van der Waals surface area contributed by atoms with Gasteiger partial charge in [-0.05, 0) is 163 Å². The molecule has 320 valence electrons. The minimum atomic E-state index is 0.650. The van der Waals surface area contributed by atoms with Crippen molar-refractivity contribution < 1.29 is 0 Å². The first-order valence-corrected chi connectivity index (χ1v) is 22.2. The molecule has 1 N–H and O–H groups in total. The molecule has 2 aromatic rings.